The van der Waals surface area contributed by atoms with Crippen molar-refractivity contribution in [1.82, 2.24) is 9.55 Å². The quantitative estimate of drug-likeness (QED) is 0.585. The molecule has 5 heteroatoms. The molecule has 1 aromatic heterocycles. The van der Waals surface area contributed by atoms with Crippen LogP contribution in [0.1, 0.15) is 5.69 Å². The Morgan fingerprint density at radius 2 is 2.33 bits per heavy atom. The van der Waals surface area contributed by atoms with Crippen LogP contribution in [0.4, 0.5) is 4.39 Å². The highest BCUT2D eigenvalue weighted by Gasteiger charge is 2.20. The van der Waals surface area contributed by atoms with E-state index >= 15 is 0 Å². The van der Waals surface area contributed by atoms with E-state index in [9.17, 15) is 4.39 Å². The summed E-state index contributed by atoms with van der Waals surface area (Å²) < 4.78 is 20.6. The van der Waals surface area contributed by atoms with Crippen molar-refractivity contribution < 1.29 is 9.13 Å². The lowest BCUT2D eigenvalue weighted by Gasteiger charge is -2.20. The minimum Gasteiger partial charge on any atom is -0.482 e. The van der Waals surface area contributed by atoms with Gasteiger partial charge in [0, 0.05) is 0 Å². The molecule has 2 aromatic rings. The Bertz CT molecular complexity index is 538. The van der Waals surface area contributed by atoms with Crippen LogP contribution in [0.25, 0.3) is 5.69 Å². The summed E-state index contributed by atoms with van der Waals surface area (Å²) in [6.45, 7) is 0.327. The van der Waals surface area contributed by atoms with Gasteiger partial charge in [-0.3, -0.25) is 4.57 Å². The molecule has 0 bridgehead atoms. The first-order chi connectivity index (χ1) is 7.25. The summed E-state index contributed by atoms with van der Waals surface area (Å²) in [6, 6.07) is 2.92. The minimum absolute atomic E-state index is 0.231. The molecule has 0 N–H and O–H groups in total. The summed E-state index contributed by atoms with van der Waals surface area (Å²) >= 11 is 0. The van der Waals surface area contributed by atoms with Crippen molar-refractivity contribution in [2.45, 2.75) is 6.61 Å². The van der Waals surface area contributed by atoms with Gasteiger partial charge in [-0.25, -0.2) is 9.37 Å². The Labute approximate surface area is 86.9 Å². The summed E-state index contributed by atoms with van der Waals surface area (Å²) in [5, 5.41) is 0. The molecule has 0 amide bonds. The van der Waals surface area contributed by atoms with Gasteiger partial charge in [0.05, 0.1) is 23.9 Å². The largest absolute Gasteiger partial charge is 0.482 e. The van der Waals surface area contributed by atoms with Crippen LogP contribution in [-0.2, 0) is 6.61 Å². The fourth-order valence-corrected chi connectivity index (χ4v) is 1.71. The average Bonchev–Trinajstić information content (AvgIpc) is 2.65. The number of nitrogens with zero attached hydrogens (tertiary/aromatic N) is 2. The molecule has 3 rings (SSSR count). The SMILES string of the molecule is [B]c1cc(F)c2c(c1)-n1cncc1CO2. The maximum Gasteiger partial charge on any atom is 0.179 e. The number of hydrogen-bond acceptors (Lipinski definition) is 2. The van der Waals surface area contributed by atoms with Crippen LogP contribution < -0.4 is 10.2 Å². The first-order valence-corrected chi connectivity index (χ1v) is 4.49. The third-order valence-corrected chi connectivity index (χ3v) is 2.39. The summed E-state index contributed by atoms with van der Waals surface area (Å²) in [5.74, 6) is -0.209. The first kappa shape index (κ1) is 8.53. The number of aromatic nitrogens is 2. The second kappa shape index (κ2) is 2.86. The fourth-order valence-electron chi connectivity index (χ4n) is 1.71. The van der Waals surface area contributed by atoms with Crippen LogP contribution in [0, 0.1) is 5.82 Å². The van der Waals surface area contributed by atoms with E-state index in [2.05, 4.69) is 4.98 Å². The second-order valence-corrected chi connectivity index (χ2v) is 3.39. The Balaban J connectivity index is 2.32. The number of rotatable bonds is 0. The Hall–Kier alpha value is -1.78. The van der Waals surface area contributed by atoms with Crippen molar-refractivity contribution in [3.63, 3.8) is 0 Å². The molecule has 0 fully saturated rings. The number of imidazole rings is 1. The average molecular weight is 200 g/mol. The second-order valence-electron chi connectivity index (χ2n) is 3.39. The molecule has 2 heterocycles. The number of benzene rings is 1. The first-order valence-electron chi connectivity index (χ1n) is 4.49. The van der Waals surface area contributed by atoms with Gasteiger partial charge in [0.15, 0.2) is 11.6 Å². The van der Waals surface area contributed by atoms with Crippen LogP contribution in [0.15, 0.2) is 24.7 Å². The van der Waals surface area contributed by atoms with Gasteiger partial charge in [-0.2, -0.15) is 0 Å². The van der Waals surface area contributed by atoms with Gasteiger partial charge < -0.3 is 4.74 Å². The zero-order valence-corrected chi connectivity index (χ0v) is 7.77. The van der Waals surface area contributed by atoms with Gasteiger partial charge in [-0.05, 0) is 12.1 Å². The highest BCUT2D eigenvalue weighted by molar-refractivity contribution is 6.32. The molecule has 0 aliphatic carbocycles. The summed E-state index contributed by atoms with van der Waals surface area (Å²) in [6.07, 6.45) is 3.31. The minimum atomic E-state index is -0.440. The Kier molecular flexibility index (Phi) is 1.62. The van der Waals surface area contributed by atoms with E-state index in [-0.39, 0.29) is 5.75 Å². The fraction of sp³-hybridized carbons (Fsp3) is 0.100. The monoisotopic (exact) mass is 200 g/mol. The molecule has 1 aliphatic rings. The standard InChI is InChI=1S/C10H6BFN2O/c11-6-1-8(12)10-9(2-6)14-5-13-3-7(14)4-15-10/h1-3,5H,4H2. The summed E-state index contributed by atoms with van der Waals surface area (Å²) in [4.78, 5) is 3.98. The van der Waals surface area contributed by atoms with Gasteiger partial charge in [0.25, 0.3) is 0 Å². The molecular weight excluding hydrogens is 194 g/mol. The Morgan fingerprint density at radius 1 is 1.47 bits per heavy atom. The van der Waals surface area contributed by atoms with E-state index in [1.807, 2.05) is 0 Å². The van der Waals surface area contributed by atoms with Gasteiger partial charge in [-0.15, -0.1) is 0 Å². The number of hydrogen-bond donors (Lipinski definition) is 0. The lowest BCUT2D eigenvalue weighted by atomic mass is 9.95. The normalized spacial score (nSPS) is 12.9. The lowest BCUT2D eigenvalue weighted by Crippen LogP contribution is -2.16. The molecule has 0 atom stereocenters. The zero-order chi connectivity index (χ0) is 10.4. The van der Waals surface area contributed by atoms with Crippen LogP contribution in [0.5, 0.6) is 5.75 Å². The highest BCUT2D eigenvalue weighted by atomic mass is 19.1. The van der Waals surface area contributed by atoms with Crippen LogP contribution >= 0.6 is 0 Å². The van der Waals surface area contributed by atoms with Crippen molar-refractivity contribution in [3.05, 3.63) is 36.2 Å². The molecule has 1 aromatic carbocycles. The van der Waals surface area contributed by atoms with Crippen molar-refractivity contribution in [1.29, 1.82) is 0 Å². The zero-order valence-electron chi connectivity index (χ0n) is 7.77. The highest BCUT2D eigenvalue weighted by Crippen LogP contribution is 2.30. The van der Waals surface area contributed by atoms with Crippen LogP contribution in [-0.4, -0.2) is 17.4 Å². The lowest BCUT2D eigenvalue weighted by molar-refractivity contribution is 0.270. The van der Waals surface area contributed by atoms with E-state index in [0.717, 1.165) is 5.69 Å². The predicted molar refractivity (Wildman–Crippen MR) is 53.2 cm³/mol. The van der Waals surface area contributed by atoms with Crippen molar-refractivity contribution in [2.75, 3.05) is 0 Å². The smallest absolute Gasteiger partial charge is 0.179 e. The van der Waals surface area contributed by atoms with E-state index in [4.69, 9.17) is 12.6 Å². The molecule has 15 heavy (non-hydrogen) atoms. The maximum absolute atomic E-state index is 13.5. The predicted octanol–water partition coefficient (Wildman–Crippen LogP) is 0.698. The van der Waals surface area contributed by atoms with Crippen molar-refractivity contribution >= 4 is 13.3 Å². The third-order valence-electron chi connectivity index (χ3n) is 2.39. The molecule has 3 nitrogen and oxygen atoms in total. The number of halogens is 1. The maximum atomic E-state index is 13.5. The van der Waals surface area contributed by atoms with Crippen LogP contribution in [0.2, 0.25) is 0 Å². The third kappa shape index (κ3) is 1.16. The van der Waals surface area contributed by atoms with Gasteiger partial charge in [0.2, 0.25) is 0 Å². The van der Waals surface area contributed by atoms with Crippen molar-refractivity contribution in [2.24, 2.45) is 0 Å². The van der Waals surface area contributed by atoms with Crippen molar-refractivity contribution in [3.8, 4) is 11.4 Å². The molecule has 72 valence electrons. The van der Waals surface area contributed by atoms with Gasteiger partial charge in [-0.1, -0.05) is 5.46 Å². The molecule has 0 saturated heterocycles. The summed E-state index contributed by atoms with van der Waals surface area (Å²) in [5.41, 5.74) is 1.86. The van der Waals surface area contributed by atoms with E-state index < -0.39 is 5.82 Å². The van der Waals surface area contributed by atoms with Crippen LogP contribution in [0.3, 0.4) is 0 Å². The van der Waals surface area contributed by atoms with E-state index in [1.165, 1.54) is 6.07 Å². The molecule has 0 spiro atoms. The van der Waals surface area contributed by atoms with E-state index in [0.29, 0.717) is 17.8 Å². The Morgan fingerprint density at radius 3 is 3.20 bits per heavy atom. The number of ether oxygens (including phenoxy) is 1. The molecular formula is C10H6BFN2O. The molecule has 2 radical (unpaired) electrons. The van der Waals surface area contributed by atoms with Gasteiger partial charge >= 0.3 is 0 Å². The van der Waals surface area contributed by atoms with E-state index in [1.54, 1.807) is 23.2 Å². The summed E-state index contributed by atoms with van der Waals surface area (Å²) in [7, 11) is 5.58. The van der Waals surface area contributed by atoms with Gasteiger partial charge in [0.1, 0.15) is 14.5 Å². The number of fused-ring (bicyclic) bond motifs is 3. The molecule has 0 saturated carbocycles. The molecule has 0 unspecified atom stereocenters. The molecule has 1 aliphatic heterocycles. The topological polar surface area (TPSA) is 27.1 Å².